The lowest BCUT2D eigenvalue weighted by Gasteiger charge is -2.59. The van der Waals surface area contributed by atoms with Gasteiger partial charge in [0.1, 0.15) is 6.10 Å². The Morgan fingerprint density at radius 3 is 2.36 bits per heavy atom. The SMILES string of the molecule is C=C(C(=O)OC)C1C(OC(C)=O)CC2(C)C(O)CCC(C)(O)C2C1O. The highest BCUT2D eigenvalue weighted by molar-refractivity contribution is 5.88. The van der Waals surface area contributed by atoms with Gasteiger partial charge in [0, 0.05) is 23.8 Å². The summed E-state index contributed by atoms with van der Waals surface area (Å²) in [5, 5.41) is 32.5. The molecule has 142 valence electrons. The molecule has 2 aliphatic carbocycles. The molecular weight excluding hydrogens is 328 g/mol. The Hall–Kier alpha value is -1.44. The molecule has 7 nitrogen and oxygen atoms in total. The van der Waals surface area contributed by atoms with Crippen LogP contribution in [0, 0.1) is 17.3 Å². The van der Waals surface area contributed by atoms with Crippen LogP contribution in [0.5, 0.6) is 0 Å². The van der Waals surface area contributed by atoms with Crippen molar-refractivity contribution in [1.82, 2.24) is 0 Å². The molecule has 0 aliphatic heterocycles. The smallest absolute Gasteiger partial charge is 0.333 e. The molecule has 0 heterocycles. The monoisotopic (exact) mass is 356 g/mol. The molecule has 3 N–H and O–H groups in total. The highest BCUT2D eigenvalue weighted by Crippen LogP contribution is 2.57. The maximum absolute atomic E-state index is 12.0. The number of hydrogen-bond acceptors (Lipinski definition) is 7. The summed E-state index contributed by atoms with van der Waals surface area (Å²) >= 11 is 0. The van der Waals surface area contributed by atoms with Gasteiger partial charge in [-0.15, -0.1) is 0 Å². The van der Waals surface area contributed by atoms with Crippen molar-refractivity contribution in [3.05, 3.63) is 12.2 Å². The molecule has 0 radical (unpaired) electrons. The predicted octanol–water partition coefficient (Wildman–Crippen LogP) is 0.556. The zero-order chi connectivity index (χ0) is 19.2. The minimum Gasteiger partial charge on any atom is -0.466 e. The van der Waals surface area contributed by atoms with Crippen molar-refractivity contribution in [1.29, 1.82) is 0 Å². The third-order valence-corrected chi connectivity index (χ3v) is 5.98. The Morgan fingerprint density at radius 2 is 1.84 bits per heavy atom. The van der Waals surface area contributed by atoms with Gasteiger partial charge >= 0.3 is 11.9 Å². The van der Waals surface area contributed by atoms with Gasteiger partial charge in [-0.1, -0.05) is 13.5 Å². The zero-order valence-corrected chi connectivity index (χ0v) is 15.2. The first kappa shape index (κ1) is 19.9. The maximum Gasteiger partial charge on any atom is 0.333 e. The summed E-state index contributed by atoms with van der Waals surface area (Å²) in [7, 11) is 1.20. The Balaban J connectivity index is 2.49. The Kier molecular flexibility index (Phi) is 5.33. The fourth-order valence-corrected chi connectivity index (χ4v) is 4.87. The summed E-state index contributed by atoms with van der Waals surface area (Å²) < 4.78 is 10.1. The average Bonchev–Trinajstić information content (AvgIpc) is 2.49. The van der Waals surface area contributed by atoms with E-state index in [0.717, 1.165) is 0 Å². The summed E-state index contributed by atoms with van der Waals surface area (Å²) in [4.78, 5) is 23.5. The molecule has 7 heteroatoms. The van der Waals surface area contributed by atoms with E-state index < -0.39 is 53.1 Å². The highest BCUT2D eigenvalue weighted by Gasteiger charge is 2.63. The number of carbonyl (C=O) groups is 2. The molecule has 2 rings (SSSR count). The van der Waals surface area contributed by atoms with Crippen molar-refractivity contribution < 1.29 is 34.4 Å². The van der Waals surface area contributed by atoms with Gasteiger partial charge in [-0.25, -0.2) is 4.79 Å². The molecule has 0 aromatic carbocycles. The van der Waals surface area contributed by atoms with Crippen LogP contribution in [-0.2, 0) is 19.1 Å². The average molecular weight is 356 g/mol. The normalized spacial score (nSPS) is 43.7. The number of hydrogen-bond donors (Lipinski definition) is 3. The molecule has 0 aromatic rings. The van der Waals surface area contributed by atoms with Gasteiger partial charge in [-0.3, -0.25) is 4.79 Å². The zero-order valence-electron chi connectivity index (χ0n) is 15.2. The van der Waals surface area contributed by atoms with Crippen molar-refractivity contribution in [2.24, 2.45) is 17.3 Å². The van der Waals surface area contributed by atoms with Gasteiger partial charge in [0.2, 0.25) is 0 Å². The van der Waals surface area contributed by atoms with Gasteiger partial charge in [0.15, 0.2) is 0 Å². The fraction of sp³-hybridized carbons (Fsp3) is 0.778. The van der Waals surface area contributed by atoms with Gasteiger partial charge in [0.05, 0.1) is 30.8 Å². The number of methoxy groups -OCH3 is 1. The van der Waals surface area contributed by atoms with E-state index >= 15 is 0 Å². The molecule has 7 atom stereocenters. The van der Waals surface area contributed by atoms with E-state index in [1.807, 2.05) is 0 Å². The van der Waals surface area contributed by atoms with E-state index in [4.69, 9.17) is 9.47 Å². The van der Waals surface area contributed by atoms with Crippen LogP contribution in [0.4, 0.5) is 0 Å². The van der Waals surface area contributed by atoms with Crippen LogP contribution in [0.15, 0.2) is 12.2 Å². The van der Waals surface area contributed by atoms with E-state index in [1.165, 1.54) is 14.0 Å². The minimum absolute atomic E-state index is 0.0147. The number of esters is 2. The second-order valence-corrected chi connectivity index (χ2v) is 7.78. The number of aliphatic hydroxyl groups is 3. The number of rotatable bonds is 3. The van der Waals surface area contributed by atoms with Gasteiger partial charge in [-0.05, 0) is 26.2 Å². The topological polar surface area (TPSA) is 113 Å². The van der Waals surface area contributed by atoms with Crippen LogP contribution in [0.1, 0.15) is 40.0 Å². The molecule has 0 aromatic heterocycles. The third kappa shape index (κ3) is 3.32. The number of carbonyl (C=O) groups excluding carboxylic acids is 2. The van der Waals surface area contributed by atoms with Crippen LogP contribution in [0.25, 0.3) is 0 Å². The van der Waals surface area contributed by atoms with Crippen LogP contribution < -0.4 is 0 Å². The van der Waals surface area contributed by atoms with Crippen LogP contribution in [0.2, 0.25) is 0 Å². The molecule has 2 saturated carbocycles. The number of aliphatic hydroxyl groups excluding tert-OH is 2. The highest BCUT2D eigenvalue weighted by atomic mass is 16.5. The predicted molar refractivity (Wildman–Crippen MR) is 88.3 cm³/mol. The minimum atomic E-state index is -1.23. The van der Waals surface area contributed by atoms with Crippen LogP contribution in [0.3, 0.4) is 0 Å². The quantitative estimate of drug-likeness (QED) is 0.500. The lowest BCUT2D eigenvalue weighted by atomic mass is 9.50. The number of fused-ring (bicyclic) bond motifs is 1. The lowest BCUT2D eigenvalue weighted by Crippen LogP contribution is -2.66. The van der Waals surface area contributed by atoms with Crippen LogP contribution >= 0.6 is 0 Å². The Labute approximate surface area is 147 Å². The van der Waals surface area contributed by atoms with Gasteiger partial charge in [0.25, 0.3) is 0 Å². The second-order valence-electron chi connectivity index (χ2n) is 7.78. The number of ether oxygens (including phenoxy) is 2. The lowest BCUT2D eigenvalue weighted by molar-refractivity contribution is -0.236. The molecule has 0 amide bonds. The Bertz CT molecular complexity index is 570. The molecule has 2 fully saturated rings. The van der Waals surface area contributed by atoms with E-state index in [9.17, 15) is 24.9 Å². The van der Waals surface area contributed by atoms with Crippen molar-refractivity contribution in [2.75, 3.05) is 7.11 Å². The summed E-state index contributed by atoms with van der Waals surface area (Å²) in [6.07, 6.45) is -1.93. The van der Waals surface area contributed by atoms with Crippen LogP contribution in [-0.4, -0.2) is 58.3 Å². The first-order valence-corrected chi connectivity index (χ1v) is 8.48. The van der Waals surface area contributed by atoms with E-state index in [-0.39, 0.29) is 12.0 Å². The summed E-state index contributed by atoms with van der Waals surface area (Å²) in [6.45, 7) is 8.35. The molecule has 0 saturated heterocycles. The second kappa shape index (κ2) is 6.70. The molecule has 2 aliphatic rings. The van der Waals surface area contributed by atoms with Crippen molar-refractivity contribution >= 4 is 11.9 Å². The summed E-state index contributed by atoms with van der Waals surface area (Å²) in [5.41, 5.74) is -2.11. The molecule has 25 heavy (non-hydrogen) atoms. The molecule has 0 spiro atoms. The third-order valence-electron chi connectivity index (χ3n) is 5.98. The molecular formula is C18H28O7. The van der Waals surface area contributed by atoms with Crippen molar-refractivity contribution in [3.8, 4) is 0 Å². The first-order chi connectivity index (χ1) is 11.5. The maximum atomic E-state index is 12.0. The summed E-state index contributed by atoms with van der Waals surface area (Å²) in [5.74, 6) is -2.88. The van der Waals surface area contributed by atoms with Gasteiger partial charge in [-0.2, -0.15) is 0 Å². The first-order valence-electron chi connectivity index (χ1n) is 8.48. The van der Waals surface area contributed by atoms with Crippen molar-refractivity contribution in [2.45, 2.75) is 63.9 Å². The molecule has 0 bridgehead atoms. The van der Waals surface area contributed by atoms with E-state index in [0.29, 0.717) is 12.8 Å². The summed E-state index contributed by atoms with van der Waals surface area (Å²) in [6, 6.07) is 0. The largest absolute Gasteiger partial charge is 0.466 e. The standard InChI is InChI=1S/C18H28O7/c1-9(16(22)24-5)13-11(25-10(2)19)8-17(3)12(20)6-7-18(4,23)15(17)14(13)21/h11-15,20-21,23H,1,6-8H2,2-5H3. The fourth-order valence-electron chi connectivity index (χ4n) is 4.87. The van der Waals surface area contributed by atoms with Gasteiger partial charge < -0.3 is 24.8 Å². The Morgan fingerprint density at radius 1 is 1.24 bits per heavy atom. The van der Waals surface area contributed by atoms with E-state index in [2.05, 4.69) is 6.58 Å². The molecule has 7 unspecified atom stereocenters. The van der Waals surface area contributed by atoms with E-state index in [1.54, 1.807) is 13.8 Å². The van der Waals surface area contributed by atoms with Crippen molar-refractivity contribution in [3.63, 3.8) is 0 Å².